The van der Waals surface area contributed by atoms with Crippen molar-refractivity contribution in [1.29, 1.82) is 0 Å². The number of para-hydroxylation sites is 1. The Morgan fingerprint density at radius 3 is 1.24 bits per heavy atom. The number of benzene rings is 2. The van der Waals surface area contributed by atoms with Gasteiger partial charge in [-0.2, -0.15) is 0 Å². The summed E-state index contributed by atoms with van der Waals surface area (Å²) in [5.74, 6) is 0. The molecular weight excluding hydrogens is 828 g/mol. The van der Waals surface area contributed by atoms with E-state index in [-0.39, 0.29) is 69.3 Å². The molecule has 4 rings (SSSR count). The van der Waals surface area contributed by atoms with Crippen LogP contribution in [-0.4, -0.2) is 103 Å². The Bertz CT molecular complexity index is 1090. The van der Waals surface area contributed by atoms with E-state index in [1.165, 1.54) is 48.5 Å². The largest absolute Gasteiger partial charge is 1.00 e. The first kappa shape index (κ1) is 50.0. The fourth-order valence-electron chi connectivity index (χ4n) is 4.33. The molecular formula is C29H41Cl6F4KN2O6Si. The fraction of sp³-hybridized carbons (Fsp3) is 0.517. The van der Waals surface area contributed by atoms with Crippen molar-refractivity contribution < 1.29 is 101 Å². The zero-order chi connectivity index (χ0) is 36.0. The van der Waals surface area contributed by atoms with Gasteiger partial charge in [-0.1, -0.05) is 69.6 Å². The number of nitrogens with one attached hydrogen (secondary N) is 1. The molecule has 1 N–H and O–H groups in total. The van der Waals surface area contributed by atoms with Gasteiger partial charge in [-0.05, 0) is 0 Å². The van der Waals surface area contributed by atoms with E-state index >= 15 is 0 Å². The van der Waals surface area contributed by atoms with Gasteiger partial charge in [0.1, 0.15) is 0 Å². The Kier molecular flexibility index (Phi) is 26.5. The first-order valence-electron chi connectivity index (χ1n) is 14.6. The molecule has 2 aliphatic rings. The summed E-state index contributed by atoms with van der Waals surface area (Å²) >= 11 is 28.8. The number of fused-ring (bicyclic) bond motifs is 1. The second kappa shape index (κ2) is 25.9. The molecule has 0 bridgehead atoms. The van der Waals surface area contributed by atoms with Crippen LogP contribution in [0.4, 0.5) is 27.8 Å². The predicted octanol–water partition coefficient (Wildman–Crippen LogP) is 3.83. The van der Waals surface area contributed by atoms with Gasteiger partial charge in [0.25, 0.3) is 0 Å². The van der Waals surface area contributed by atoms with Gasteiger partial charge in [0.05, 0.1) is 79.3 Å². The molecule has 2 aromatic rings. The van der Waals surface area contributed by atoms with Crippen LogP contribution in [0.1, 0.15) is 0 Å². The molecule has 0 aromatic heterocycles. The topological polar surface area (TPSA) is 63.1 Å². The molecule has 1 atom stereocenters. The average Bonchev–Trinajstić information content (AvgIpc) is 3.17. The van der Waals surface area contributed by atoms with Crippen molar-refractivity contribution in [2.24, 2.45) is 0 Å². The molecule has 2 aliphatic heterocycles. The van der Waals surface area contributed by atoms with Crippen LogP contribution in [0, 0.1) is 0 Å². The Morgan fingerprint density at radius 2 is 0.918 bits per heavy atom. The molecule has 2 aromatic carbocycles. The second-order valence-electron chi connectivity index (χ2n) is 9.61. The van der Waals surface area contributed by atoms with Crippen molar-refractivity contribution in [3.63, 3.8) is 0 Å². The predicted molar refractivity (Wildman–Crippen MR) is 188 cm³/mol. The van der Waals surface area contributed by atoms with E-state index in [1.807, 2.05) is 0 Å². The van der Waals surface area contributed by atoms with Gasteiger partial charge in [-0.15, -0.1) is 0 Å². The second-order valence-corrected chi connectivity index (χ2v) is 17.2. The molecule has 1 unspecified atom stereocenters. The van der Waals surface area contributed by atoms with E-state index in [9.17, 15) is 16.4 Å². The standard InChI is InChI=1S/C15H15F4N2Si.C12H24O6.2CHCl3.K/c1-2-12-20-14-10-6-7-11-15(14)22(16,17,18,19)21(20)13-8-4-3-5-9-13;1-2-14-5-6-16-9-10-18-12-11-17-8-7-15-4-3-13-1;2*2-1(3)4;/h2-11,21H,1,12H2;1-12H2;2*1H;/q-1;;;;+1. The number of hydrogen-bond acceptors (Lipinski definition) is 7. The van der Waals surface area contributed by atoms with Gasteiger partial charge in [-0.25, -0.2) is 0 Å². The molecule has 0 saturated carbocycles. The first-order valence-corrected chi connectivity index (χ1v) is 19.7. The maximum Gasteiger partial charge on any atom is 1.00 e. The molecule has 1 saturated heterocycles. The van der Waals surface area contributed by atoms with Crippen molar-refractivity contribution in [2.45, 2.75) is 8.59 Å². The summed E-state index contributed by atoms with van der Waals surface area (Å²) in [6, 6.07) is 11.9. The van der Waals surface area contributed by atoms with Crippen molar-refractivity contribution >= 4 is 94.3 Å². The molecule has 0 radical (unpaired) electrons. The van der Waals surface area contributed by atoms with E-state index < -0.39 is 26.6 Å². The molecule has 8 nitrogen and oxygen atoms in total. The number of nitrogens with zero attached hydrogens (tertiary/aromatic N) is 1. The van der Waals surface area contributed by atoms with Gasteiger partial charge in [-0.3, -0.25) is 0 Å². The average molecular weight is 870 g/mol. The van der Waals surface area contributed by atoms with E-state index in [0.29, 0.717) is 79.3 Å². The van der Waals surface area contributed by atoms with Crippen LogP contribution in [0.15, 0.2) is 67.3 Å². The van der Waals surface area contributed by atoms with Gasteiger partial charge in [0.15, 0.2) is 8.59 Å². The van der Waals surface area contributed by atoms with Gasteiger partial charge in [0.2, 0.25) is 0 Å². The quantitative estimate of drug-likeness (QED) is 0.166. The minimum Gasteiger partial charge on any atom is -0.0874 e. The van der Waals surface area contributed by atoms with Gasteiger partial charge >= 0.3 is 176 Å². The van der Waals surface area contributed by atoms with Crippen LogP contribution >= 0.6 is 69.6 Å². The number of alkyl halides is 6. The van der Waals surface area contributed by atoms with Gasteiger partial charge < -0.3 is 28.4 Å². The number of hydrogen-bond donors (Lipinski definition) is 1. The van der Waals surface area contributed by atoms with Crippen LogP contribution in [-0.2, 0) is 28.4 Å². The summed E-state index contributed by atoms with van der Waals surface area (Å²) in [5, 5.41) is -0.180. The van der Waals surface area contributed by atoms with E-state index in [2.05, 4.69) is 6.58 Å². The molecule has 278 valence electrons. The van der Waals surface area contributed by atoms with Gasteiger partial charge in [0, 0.05) is 0 Å². The minimum atomic E-state index is -9.09. The Morgan fingerprint density at radius 1 is 0.612 bits per heavy atom. The normalized spacial score (nSPS) is 22.4. The van der Waals surface area contributed by atoms with Crippen molar-refractivity contribution in [3.8, 4) is 0 Å². The molecule has 2 heterocycles. The summed E-state index contributed by atoms with van der Waals surface area (Å²) in [7, 11) is -9.09. The third-order valence-corrected chi connectivity index (χ3v) is 9.09. The van der Waals surface area contributed by atoms with Crippen LogP contribution in [0.3, 0.4) is 0 Å². The molecule has 0 spiro atoms. The Hall–Kier alpha value is 1.01. The van der Waals surface area contributed by atoms with Crippen LogP contribution in [0.5, 0.6) is 0 Å². The van der Waals surface area contributed by atoms with Crippen molar-refractivity contribution in [3.05, 3.63) is 67.3 Å². The molecule has 0 aliphatic carbocycles. The smallest absolute Gasteiger partial charge is 0.0874 e. The van der Waals surface area contributed by atoms with Crippen molar-refractivity contribution in [1.82, 2.24) is 0 Å². The third-order valence-electron chi connectivity index (χ3n) is 6.07. The fourth-order valence-corrected chi connectivity index (χ4v) is 7.26. The molecule has 49 heavy (non-hydrogen) atoms. The van der Waals surface area contributed by atoms with E-state index in [0.717, 1.165) is 11.1 Å². The maximum absolute atomic E-state index is 14.9. The number of rotatable bonds is 3. The summed E-state index contributed by atoms with van der Waals surface area (Å²) in [4.78, 5) is 0. The molecule has 1 fully saturated rings. The summed E-state index contributed by atoms with van der Waals surface area (Å²) in [6.07, 6.45) is 1.34. The Labute approximate surface area is 358 Å². The first-order chi connectivity index (χ1) is 22.7. The van der Waals surface area contributed by atoms with E-state index in [1.54, 1.807) is 6.07 Å². The molecule has 20 heteroatoms. The Balaban J connectivity index is 0.000000769. The number of quaternary nitrogens is 1. The zero-order valence-corrected chi connectivity index (χ0v) is 35.7. The van der Waals surface area contributed by atoms with E-state index in [4.69, 9.17) is 98.0 Å². The monoisotopic (exact) mass is 866 g/mol. The summed E-state index contributed by atoms with van der Waals surface area (Å²) in [5.41, 5.74) is -0.319. The SMILES string of the molecule is C1COCCOCCOCCOCCOCCO1.C=CCN1c2ccccc2[Si-2](F)(F)(F)(F)[NH+]1c1ccccc1.ClC(Cl)Cl.ClC(Cl)Cl.[K+]. The summed E-state index contributed by atoms with van der Waals surface area (Å²) < 4.78 is 89.1. The summed E-state index contributed by atoms with van der Waals surface area (Å²) in [6.45, 7) is 10.4. The van der Waals surface area contributed by atoms with Crippen LogP contribution in [0.25, 0.3) is 0 Å². The molecule has 0 amide bonds. The number of anilines is 1. The van der Waals surface area contributed by atoms with Crippen LogP contribution < -0.4 is 66.3 Å². The van der Waals surface area contributed by atoms with Crippen LogP contribution in [0.2, 0.25) is 0 Å². The maximum atomic E-state index is 14.9. The number of halogens is 10. The van der Waals surface area contributed by atoms with Crippen molar-refractivity contribution in [2.75, 3.05) is 90.8 Å². The minimum absolute atomic E-state index is 0. The zero-order valence-electron chi connectivity index (χ0n) is 27.0. The third kappa shape index (κ3) is 20.3. The number of ether oxygens (including phenoxy) is 6.